The van der Waals surface area contributed by atoms with Gasteiger partial charge in [0.1, 0.15) is 5.60 Å². The number of carbonyl (C=O) groups excluding carboxylic acids is 3. The first-order valence-electron chi connectivity index (χ1n) is 7.93. The molecule has 0 fully saturated rings. The highest BCUT2D eigenvalue weighted by molar-refractivity contribution is 6.42. The maximum atomic E-state index is 12.0. The summed E-state index contributed by atoms with van der Waals surface area (Å²) >= 11 is 11.7. The fourth-order valence-electron chi connectivity index (χ4n) is 1.85. The van der Waals surface area contributed by atoms with E-state index in [0.717, 1.165) is 0 Å². The third kappa shape index (κ3) is 8.40. The van der Waals surface area contributed by atoms with Crippen LogP contribution in [0, 0.1) is 0 Å². The van der Waals surface area contributed by atoms with Crippen molar-refractivity contribution < 1.29 is 19.1 Å². The minimum atomic E-state index is -0.604. The number of hydrogen-bond acceptors (Lipinski definition) is 4. The number of likely N-dealkylation sites (N-methyl/N-ethyl adjacent to an activating group) is 1. The van der Waals surface area contributed by atoms with E-state index in [1.54, 1.807) is 32.9 Å². The Kier molecular flexibility index (Phi) is 8.17. The van der Waals surface area contributed by atoms with Crippen LogP contribution in [0.5, 0.6) is 0 Å². The van der Waals surface area contributed by atoms with Gasteiger partial charge >= 0.3 is 6.09 Å². The Morgan fingerprint density at radius 1 is 1.15 bits per heavy atom. The Labute approximate surface area is 163 Å². The van der Waals surface area contributed by atoms with Gasteiger partial charge in [0.2, 0.25) is 11.8 Å². The van der Waals surface area contributed by atoms with E-state index in [1.807, 2.05) is 0 Å². The molecule has 3 amide bonds. The minimum absolute atomic E-state index is 0.0514. The van der Waals surface area contributed by atoms with E-state index in [-0.39, 0.29) is 31.3 Å². The number of halogens is 2. The zero-order chi connectivity index (χ0) is 19.9. The van der Waals surface area contributed by atoms with Crippen molar-refractivity contribution in [2.24, 2.45) is 0 Å². The zero-order valence-corrected chi connectivity index (χ0v) is 16.7. The van der Waals surface area contributed by atoms with Gasteiger partial charge in [-0.2, -0.15) is 0 Å². The van der Waals surface area contributed by atoms with Crippen molar-refractivity contribution in [3.05, 3.63) is 28.2 Å². The van der Waals surface area contributed by atoms with Crippen molar-refractivity contribution in [1.82, 2.24) is 10.2 Å². The first-order chi connectivity index (χ1) is 12.0. The second-order valence-corrected chi connectivity index (χ2v) is 7.42. The van der Waals surface area contributed by atoms with Crippen LogP contribution in [0.15, 0.2) is 18.2 Å². The number of nitrogens with zero attached hydrogens (tertiary/aromatic N) is 1. The molecular formula is C17H23Cl2N3O4. The van der Waals surface area contributed by atoms with Crippen LogP contribution < -0.4 is 10.6 Å². The van der Waals surface area contributed by atoms with Gasteiger partial charge in [-0.15, -0.1) is 0 Å². The van der Waals surface area contributed by atoms with Gasteiger partial charge in [0.15, 0.2) is 0 Å². The quantitative estimate of drug-likeness (QED) is 0.762. The van der Waals surface area contributed by atoms with Crippen molar-refractivity contribution in [3.8, 4) is 0 Å². The molecule has 0 saturated heterocycles. The van der Waals surface area contributed by atoms with Gasteiger partial charge in [0.25, 0.3) is 0 Å². The number of ether oxygens (including phenoxy) is 1. The topological polar surface area (TPSA) is 87.7 Å². The van der Waals surface area contributed by atoms with Crippen LogP contribution in [0.4, 0.5) is 10.5 Å². The van der Waals surface area contributed by atoms with Gasteiger partial charge < -0.3 is 20.3 Å². The van der Waals surface area contributed by atoms with Gasteiger partial charge in [0, 0.05) is 25.7 Å². The third-order valence-electron chi connectivity index (χ3n) is 3.02. The average Bonchev–Trinajstić information content (AvgIpc) is 2.48. The molecule has 0 aliphatic carbocycles. The molecule has 9 heteroatoms. The number of alkyl carbamates (subject to hydrolysis) is 1. The van der Waals surface area contributed by atoms with Crippen LogP contribution in [-0.4, -0.2) is 48.5 Å². The molecule has 0 saturated carbocycles. The molecule has 0 radical (unpaired) electrons. The molecule has 1 aromatic rings. The minimum Gasteiger partial charge on any atom is -0.444 e. The summed E-state index contributed by atoms with van der Waals surface area (Å²) in [6.45, 7) is 5.23. The lowest BCUT2D eigenvalue weighted by molar-refractivity contribution is -0.133. The van der Waals surface area contributed by atoms with E-state index >= 15 is 0 Å². The highest BCUT2D eigenvalue weighted by Gasteiger charge is 2.17. The highest BCUT2D eigenvalue weighted by atomic mass is 35.5. The summed E-state index contributed by atoms with van der Waals surface area (Å²) in [7, 11) is 1.50. The van der Waals surface area contributed by atoms with Crippen LogP contribution in [-0.2, 0) is 14.3 Å². The summed E-state index contributed by atoms with van der Waals surface area (Å²) in [4.78, 5) is 36.8. The SMILES string of the molecule is CN(CC(=O)Nc1ccc(Cl)c(Cl)c1)C(=O)CCNC(=O)OC(C)(C)C. The molecule has 2 N–H and O–H groups in total. The Hall–Kier alpha value is -1.99. The summed E-state index contributed by atoms with van der Waals surface area (Å²) in [6, 6.07) is 4.70. The van der Waals surface area contributed by atoms with Crippen molar-refractivity contribution in [2.45, 2.75) is 32.8 Å². The standard InChI is InChI=1S/C17H23Cl2N3O4/c1-17(2,3)26-16(25)20-8-7-15(24)22(4)10-14(23)21-11-5-6-12(18)13(19)9-11/h5-6,9H,7-8,10H2,1-4H3,(H,20,25)(H,21,23). The largest absolute Gasteiger partial charge is 0.444 e. The molecule has 0 spiro atoms. The lowest BCUT2D eigenvalue weighted by Gasteiger charge is -2.20. The average molecular weight is 404 g/mol. The van der Waals surface area contributed by atoms with E-state index in [0.29, 0.717) is 15.7 Å². The molecular weight excluding hydrogens is 381 g/mol. The first-order valence-corrected chi connectivity index (χ1v) is 8.69. The van der Waals surface area contributed by atoms with Crippen LogP contribution in [0.2, 0.25) is 10.0 Å². The van der Waals surface area contributed by atoms with E-state index in [1.165, 1.54) is 18.0 Å². The zero-order valence-electron chi connectivity index (χ0n) is 15.2. The fourth-order valence-corrected chi connectivity index (χ4v) is 2.15. The maximum absolute atomic E-state index is 12.0. The molecule has 0 atom stereocenters. The summed E-state index contributed by atoms with van der Waals surface area (Å²) < 4.78 is 5.07. The second kappa shape index (κ2) is 9.64. The normalized spacial score (nSPS) is 10.8. The van der Waals surface area contributed by atoms with Crippen molar-refractivity contribution in [1.29, 1.82) is 0 Å². The molecule has 26 heavy (non-hydrogen) atoms. The molecule has 1 aromatic carbocycles. The number of anilines is 1. The van der Waals surface area contributed by atoms with Gasteiger partial charge in [-0.25, -0.2) is 4.79 Å². The number of rotatable bonds is 6. The van der Waals surface area contributed by atoms with Gasteiger partial charge in [0.05, 0.1) is 16.6 Å². The lowest BCUT2D eigenvalue weighted by atomic mass is 10.2. The molecule has 0 aliphatic rings. The number of benzene rings is 1. The van der Waals surface area contributed by atoms with Crippen LogP contribution in [0.25, 0.3) is 0 Å². The van der Waals surface area contributed by atoms with Crippen LogP contribution in [0.3, 0.4) is 0 Å². The fraction of sp³-hybridized carbons (Fsp3) is 0.471. The smallest absolute Gasteiger partial charge is 0.407 e. The molecule has 7 nitrogen and oxygen atoms in total. The molecule has 1 rings (SSSR count). The first kappa shape index (κ1) is 22.1. The third-order valence-corrected chi connectivity index (χ3v) is 3.76. The summed E-state index contributed by atoms with van der Waals surface area (Å²) in [5.41, 5.74) is -0.120. The Balaban J connectivity index is 2.38. The molecule has 144 valence electrons. The van der Waals surface area contributed by atoms with E-state index in [4.69, 9.17) is 27.9 Å². The van der Waals surface area contributed by atoms with Gasteiger partial charge in [-0.3, -0.25) is 9.59 Å². The predicted molar refractivity (Wildman–Crippen MR) is 102 cm³/mol. The van der Waals surface area contributed by atoms with E-state index < -0.39 is 11.7 Å². The molecule has 0 aliphatic heterocycles. The molecule has 0 heterocycles. The molecule has 0 unspecified atom stereocenters. The number of amides is 3. The summed E-state index contributed by atoms with van der Waals surface area (Å²) in [5.74, 6) is -0.662. The second-order valence-electron chi connectivity index (χ2n) is 6.61. The molecule has 0 bridgehead atoms. The van der Waals surface area contributed by atoms with Gasteiger partial charge in [-0.1, -0.05) is 23.2 Å². The van der Waals surface area contributed by atoms with E-state index in [2.05, 4.69) is 10.6 Å². The van der Waals surface area contributed by atoms with E-state index in [9.17, 15) is 14.4 Å². The Bertz CT molecular complexity index is 674. The summed E-state index contributed by atoms with van der Waals surface area (Å²) in [6.07, 6.45) is -0.541. The lowest BCUT2D eigenvalue weighted by Crippen LogP contribution is -2.38. The number of carbonyl (C=O) groups is 3. The summed E-state index contributed by atoms with van der Waals surface area (Å²) in [5, 5.41) is 5.83. The monoisotopic (exact) mass is 403 g/mol. The Morgan fingerprint density at radius 3 is 2.38 bits per heavy atom. The Morgan fingerprint density at radius 2 is 1.81 bits per heavy atom. The van der Waals surface area contributed by atoms with Gasteiger partial charge in [-0.05, 0) is 39.0 Å². The number of nitrogens with one attached hydrogen (secondary N) is 2. The van der Waals surface area contributed by atoms with Crippen molar-refractivity contribution in [2.75, 3.05) is 25.5 Å². The van der Waals surface area contributed by atoms with Crippen LogP contribution >= 0.6 is 23.2 Å². The van der Waals surface area contributed by atoms with Crippen LogP contribution in [0.1, 0.15) is 27.2 Å². The predicted octanol–water partition coefficient (Wildman–Crippen LogP) is 3.31. The maximum Gasteiger partial charge on any atom is 0.407 e. The van der Waals surface area contributed by atoms with Crippen molar-refractivity contribution in [3.63, 3.8) is 0 Å². The number of hydrogen-bond donors (Lipinski definition) is 2. The van der Waals surface area contributed by atoms with Crippen molar-refractivity contribution >= 4 is 46.8 Å². The molecule has 0 aromatic heterocycles. The highest BCUT2D eigenvalue weighted by Crippen LogP contribution is 2.24.